The highest BCUT2D eigenvalue weighted by Crippen LogP contribution is 2.44. The zero-order valence-electron chi connectivity index (χ0n) is 13.5. The van der Waals surface area contributed by atoms with Gasteiger partial charge in [-0.1, -0.05) is 30.3 Å². The van der Waals surface area contributed by atoms with Crippen molar-refractivity contribution >= 4 is 12.4 Å². The van der Waals surface area contributed by atoms with Crippen LogP contribution in [0.4, 0.5) is 0 Å². The molecule has 1 aliphatic carbocycles. The van der Waals surface area contributed by atoms with Gasteiger partial charge in [-0.3, -0.25) is 0 Å². The van der Waals surface area contributed by atoms with E-state index in [9.17, 15) is 0 Å². The lowest BCUT2D eigenvalue weighted by Crippen LogP contribution is -2.61. The zero-order valence-corrected chi connectivity index (χ0v) is 14.4. The van der Waals surface area contributed by atoms with E-state index >= 15 is 0 Å². The lowest BCUT2D eigenvalue weighted by atomic mass is 9.66. The van der Waals surface area contributed by atoms with Crippen LogP contribution in [-0.4, -0.2) is 40.8 Å². The molecule has 4 aliphatic rings. The van der Waals surface area contributed by atoms with Crippen LogP contribution in [0, 0.1) is 17.8 Å². The van der Waals surface area contributed by atoms with Crippen molar-refractivity contribution in [3.63, 3.8) is 0 Å². The topological polar surface area (TPSA) is 38.2 Å². The molecule has 0 unspecified atom stereocenters. The number of piperidine rings is 3. The normalized spacial score (nSPS) is 33.1. The summed E-state index contributed by atoms with van der Waals surface area (Å²) in [5.74, 6) is 2.93. The van der Waals surface area contributed by atoms with Gasteiger partial charge >= 0.3 is 0 Å². The highest BCUT2D eigenvalue weighted by molar-refractivity contribution is 5.85. The third-order valence-corrected chi connectivity index (χ3v) is 5.67. The fourth-order valence-electron chi connectivity index (χ4n) is 4.84. The molecule has 4 fully saturated rings. The molecule has 1 aromatic heterocycles. The molecule has 5 heteroatoms. The maximum atomic E-state index is 6.28. The number of halogens is 1. The predicted molar refractivity (Wildman–Crippen MR) is 95.3 cm³/mol. The molecule has 0 radical (unpaired) electrons. The average molecular weight is 344 g/mol. The van der Waals surface area contributed by atoms with Crippen molar-refractivity contribution in [1.29, 1.82) is 0 Å². The molecule has 1 aromatic carbocycles. The van der Waals surface area contributed by atoms with Gasteiger partial charge in [-0.15, -0.1) is 22.6 Å². The van der Waals surface area contributed by atoms with E-state index in [4.69, 9.17) is 4.74 Å². The van der Waals surface area contributed by atoms with Crippen LogP contribution in [0.5, 0.6) is 5.88 Å². The van der Waals surface area contributed by atoms with Crippen LogP contribution >= 0.6 is 12.4 Å². The van der Waals surface area contributed by atoms with Crippen molar-refractivity contribution in [3.8, 4) is 17.1 Å². The quantitative estimate of drug-likeness (QED) is 0.857. The number of rotatable bonds is 3. The Kier molecular flexibility index (Phi) is 4.19. The SMILES string of the molecule is Cl.c1ccc(-c2ccc(OC3[C@@H]4CC5C[C@@H]3CN(C5)C4)nn2)cc1. The standard InChI is InChI=1S/C19H21N3O.ClH/c1-2-4-14(5-3-1)17-6-7-18(21-20-17)23-19-15-8-13-9-16(19)12-22(10-13)11-15;/h1-7,13,15-16,19H,8-12H2;1H/t13?,15-,16-,19?;/m1./s1. The van der Waals surface area contributed by atoms with Gasteiger partial charge in [0.1, 0.15) is 6.10 Å². The van der Waals surface area contributed by atoms with Gasteiger partial charge < -0.3 is 9.64 Å². The number of hydrogen-bond donors (Lipinski definition) is 0. The minimum Gasteiger partial charge on any atom is -0.473 e. The first kappa shape index (κ1) is 15.9. The summed E-state index contributed by atoms with van der Waals surface area (Å²) in [7, 11) is 0. The van der Waals surface area contributed by atoms with Crippen molar-refractivity contribution < 1.29 is 4.74 Å². The Balaban J connectivity index is 0.00000146. The summed E-state index contributed by atoms with van der Waals surface area (Å²) in [4.78, 5) is 2.62. The molecule has 24 heavy (non-hydrogen) atoms. The Hall–Kier alpha value is -1.65. The highest BCUT2D eigenvalue weighted by atomic mass is 35.5. The second-order valence-electron chi connectivity index (χ2n) is 7.28. The van der Waals surface area contributed by atoms with Crippen LogP contribution in [0.15, 0.2) is 42.5 Å². The molecular formula is C19H22ClN3O. The number of hydrogen-bond acceptors (Lipinski definition) is 4. The van der Waals surface area contributed by atoms with E-state index in [1.165, 1.54) is 32.5 Å². The molecule has 0 amide bonds. The van der Waals surface area contributed by atoms with Gasteiger partial charge in [-0.25, -0.2) is 0 Å². The molecule has 4 nitrogen and oxygen atoms in total. The van der Waals surface area contributed by atoms with Crippen LogP contribution in [0.3, 0.4) is 0 Å². The lowest BCUT2D eigenvalue weighted by molar-refractivity contribution is -0.0999. The molecule has 3 saturated heterocycles. The second-order valence-corrected chi connectivity index (χ2v) is 7.28. The summed E-state index contributed by atoms with van der Waals surface area (Å²) in [6.07, 6.45) is 2.99. The largest absolute Gasteiger partial charge is 0.473 e. The minimum absolute atomic E-state index is 0. The van der Waals surface area contributed by atoms with Gasteiger partial charge in [-0.2, -0.15) is 0 Å². The van der Waals surface area contributed by atoms with Crippen molar-refractivity contribution in [2.45, 2.75) is 18.9 Å². The third kappa shape index (κ3) is 2.78. The molecule has 4 bridgehead atoms. The van der Waals surface area contributed by atoms with Gasteiger partial charge in [-0.05, 0) is 24.8 Å². The van der Waals surface area contributed by atoms with E-state index in [0.717, 1.165) is 17.2 Å². The number of benzene rings is 1. The molecule has 1 saturated carbocycles. The summed E-state index contributed by atoms with van der Waals surface area (Å²) >= 11 is 0. The van der Waals surface area contributed by atoms with Crippen LogP contribution in [-0.2, 0) is 0 Å². The summed E-state index contributed by atoms with van der Waals surface area (Å²) in [5, 5.41) is 8.67. The van der Waals surface area contributed by atoms with Crippen molar-refractivity contribution in [1.82, 2.24) is 15.1 Å². The Morgan fingerprint density at radius 1 is 0.875 bits per heavy atom. The molecule has 0 N–H and O–H groups in total. The second kappa shape index (κ2) is 6.34. The number of ether oxygens (including phenoxy) is 1. The molecule has 126 valence electrons. The first-order valence-electron chi connectivity index (χ1n) is 8.63. The van der Waals surface area contributed by atoms with Crippen molar-refractivity contribution in [2.75, 3.05) is 19.6 Å². The van der Waals surface area contributed by atoms with Gasteiger partial charge in [0.15, 0.2) is 0 Å². The van der Waals surface area contributed by atoms with Gasteiger partial charge in [0.25, 0.3) is 0 Å². The van der Waals surface area contributed by atoms with Gasteiger partial charge in [0.05, 0.1) is 5.69 Å². The number of nitrogens with zero attached hydrogens (tertiary/aromatic N) is 3. The summed E-state index contributed by atoms with van der Waals surface area (Å²) in [6.45, 7) is 3.71. The average Bonchev–Trinajstić information content (AvgIpc) is 2.59. The highest BCUT2D eigenvalue weighted by Gasteiger charge is 2.48. The maximum absolute atomic E-state index is 6.28. The van der Waals surface area contributed by atoms with E-state index in [1.54, 1.807) is 0 Å². The van der Waals surface area contributed by atoms with Crippen LogP contribution in [0.25, 0.3) is 11.3 Å². The first-order chi connectivity index (χ1) is 11.3. The maximum Gasteiger partial charge on any atom is 0.233 e. The van der Waals surface area contributed by atoms with Gasteiger partial charge in [0.2, 0.25) is 5.88 Å². The van der Waals surface area contributed by atoms with E-state index in [-0.39, 0.29) is 12.4 Å². The van der Waals surface area contributed by atoms with E-state index < -0.39 is 0 Å². The number of aromatic nitrogens is 2. The smallest absolute Gasteiger partial charge is 0.233 e. The Morgan fingerprint density at radius 3 is 2.25 bits per heavy atom. The first-order valence-corrected chi connectivity index (χ1v) is 8.63. The van der Waals surface area contributed by atoms with Gasteiger partial charge in [0, 0.05) is 43.1 Å². The molecule has 4 heterocycles. The summed E-state index contributed by atoms with van der Waals surface area (Å²) in [6, 6.07) is 14.1. The van der Waals surface area contributed by atoms with Crippen LogP contribution in [0.1, 0.15) is 12.8 Å². The van der Waals surface area contributed by atoms with Crippen molar-refractivity contribution in [2.24, 2.45) is 17.8 Å². The molecule has 6 rings (SSSR count). The van der Waals surface area contributed by atoms with Crippen molar-refractivity contribution in [3.05, 3.63) is 42.5 Å². The Bertz CT molecular complexity index is 664. The monoisotopic (exact) mass is 343 g/mol. The fraction of sp³-hybridized carbons (Fsp3) is 0.474. The Morgan fingerprint density at radius 2 is 1.62 bits per heavy atom. The van der Waals surface area contributed by atoms with Crippen LogP contribution in [0.2, 0.25) is 0 Å². The minimum atomic E-state index is 0. The molecule has 0 spiro atoms. The zero-order chi connectivity index (χ0) is 15.2. The third-order valence-electron chi connectivity index (χ3n) is 5.67. The molecular weight excluding hydrogens is 322 g/mol. The molecule has 2 aromatic rings. The van der Waals surface area contributed by atoms with Crippen LogP contribution < -0.4 is 4.74 Å². The Labute approximate surface area is 148 Å². The summed E-state index contributed by atoms with van der Waals surface area (Å²) in [5.41, 5.74) is 1.99. The lowest BCUT2D eigenvalue weighted by Gasteiger charge is -2.55. The predicted octanol–water partition coefficient (Wildman–Crippen LogP) is 3.28. The van der Waals surface area contributed by atoms with E-state index in [1.807, 2.05) is 30.3 Å². The summed E-state index contributed by atoms with van der Waals surface area (Å²) < 4.78 is 6.28. The fourth-order valence-corrected chi connectivity index (χ4v) is 4.84. The molecule has 2 atom stereocenters. The molecule has 3 aliphatic heterocycles. The van der Waals surface area contributed by atoms with E-state index in [2.05, 4.69) is 27.2 Å². The van der Waals surface area contributed by atoms with E-state index in [0.29, 0.717) is 23.8 Å².